The van der Waals surface area contributed by atoms with Crippen LogP contribution in [0.15, 0.2) is 35.8 Å². The van der Waals surface area contributed by atoms with Crippen LogP contribution in [-0.4, -0.2) is 56.2 Å². The van der Waals surface area contributed by atoms with Crippen molar-refractivity contribution in [2.24, 2.45) is 5.92 Å². The van der Waals surface area contributed by atoms with E-state index in [-0.39, 0.29) is 11.6 Å². The van der Waals surface area contributed by atoms with Crippen molar-refractivity contribution in [3.63, 3.8) is 0 Å². The fourth-order valence-corrected chi connectivity index (χ4v) is 4.62. The number of hydrogen-bond donors (Lipinski definition) is 0. The number of fused-ring (bicyclic) bond motifs is 1. The van der Waals surface area contributed by atoms with E-state index < -0.39 is 4.92 Å². The Morgan fingerprint density at radius 3 is 2.55 bits per heavy atom. The standard InChI is InChI=1S/C20H21N5O3S/c26-19(15-1-2-15)23-9-7-22(8-10-23)13-17-18(21-20-24(17)11-12-29-20)14-3-5-16(6-4-14)25(27)28/h3-6,11-12,15H,1-2,7-10,13H2. The highest BCUT2D eigenvalue weighted by atomic mass is 32.1. The second-order valence-corrected chi connectivity index (χ2v) is 8.52. The summed E-state index contributed by atoms with van der Waals surface area (Å²) in [6.07, 6.45) is 4.11. The Labute approximate surface area is 171 Å². The Kier molecular flexibility index (Phi) is 4.56. The fraction of sp³-hybridized carbons (Fsp3) is 0.400. The lowest BCUT2D eigenvalue weighted by molar-refractivity contribution is -0.384. The maximum absolute atomic E-state index is 12.3. The molecule has 2 fully saturated rings. The van der Waals surface area contributed by atoms with Crippen LogP contribution in [0.4, 0.5) is 5.69 Å². The van der Waals surface area contributed by atoms with Crippen LogP contribution in [0.25, 0.3) is 16.2 Å². The molecule has 29 heavy (non-hydrogen) atoms. The number of amides is 1. The Morgan fingerprint density at radius 2 is 1.90 bits per heavy atom. The molecular formula is C20H21N5O3S. The van der Waals surface area contributed by atoms with Crippen molar-refractivity contribution in [1.82, 2.24) is 19.2 Å². The summed E-state index contributed by atoms with van der Waals surface area (Å²) in [5.41, 5.74) is 2.90. The van der Waals surface area contributed by atoms with Crippen molar-refractivity contribution >= 4 is 27.9 Å². The van der Waals surface area contributed by atoms with Gasteiger partial charge in [0.2, 0.25) is 5.91 Å². The van der Waals surface area contributed by atoms with Gasteiger partial charge in [-0.1, -0.05) is 0 Å². The maximum Gasteiger partial charge on any atom is 0.269 e. The molecule has 0 atom stereocenters. The van der Waals surface area contributed by atoms with Gasteiger partial charge in [0, 0.05) is 67.9 Å². The first-order valence-electron chi connectivity index (χ1n) is 9.80. The summed E-state index contributed by atoms with van der Waals surface area (Å²) in [5, 5.41) is 13.0. The number of carbonyl (C=O) groups excluding carboxylic acids is 1. The van der Waals surface area contributed by atoms with E-state index >= 15 is 0 Å². The summed E-state index contributed by atoms with van der Waals surface area (Å²) in [6, 6.07) is 6.57. The predicted molar refractivity (Wildman–Crippen MR) is 110 cm³/mol. The van der Waals surface area contributed by atoms with Crippen LogP contribution in [0.5, 0.6) is 0 Å². The van der Waals surface area contributed by atoms with Crippen LogP contribution in [0.1, 0.15) is 18.5 Å². The van der Waals surface area contributed by atoms with Gasteiger partial charge in [0.1, 0.15) is 0 Å². The first-order chi connectivity index (χ1) is 14.1. The minimum absolute atomic E-state index is 0.0766. The van der Waals surface area contributed by atoms with Gasteiger partial charge in [-0.05, 0) is 25.0 Å². The van der Waals surface area contributed by atoms with E-state index in [1.807, 2.05) is 16.5 Å². The quantitative estimate of drug-likeness (QED) is 0.476. The summed E-state index contributed by atoms with van der Waals surface area (Å²) in [6.45, 7) is 3.96. The number of nitrogens with zero attached hydrogens (tertiary/aromatic N) is 5. The van der Waals surface area contributed by atoms with Crippen LogP contribution < -0.4 is 0 Å². The van der Waals surface area contributed by atoms with Gasteiger partial charge in [0.05, 0.1) is 16.3 Å². The minimum Gasteiger partial charge on any atom is -0.340 e. The SMILES string of the molecule is O=C(C1CC1)N1CCN(Cc2c(-c3ccc([N+](=O)[O-])cc3)nc3sccn23)CC1. The third kappa shape index (κ3) is 3.51. The van der Waals surface area contributed by atoms with Crippen molar-refractivity contribution in [3.8, 4) is 11.3 Å². The van der Waals surface area contributed by atoms with E-state index in [4.69, 9.17) is 4.98 Å². The van der Waals surface area contributed by atoms with E-state index in [1.54, 1.807) is 23.5 Å². The topological polar surface area (TPSA) is 84.0 Å². The van der Waals surface area contributed by atoms with Crippen molar-refractivity contribution in [2.75, 3.05) is 26.2 Å². The number of nitro benzene ring substituents is 1. The number of rotatable bonds is 5. The van der Waals surface area contributed by atoms with Crippen LogP contribution in [0.2, 0.25) is 0 Å². The molecule has 1 amide bonds. The predicted octanol–water partition coefficient (Wildman–Crippen LogP) is 3.03. The highest BCUT2D eigenvalue weighted by Gasteiger charge is 2.34. The summed E-state index contributed by atoms with van der Waals surface area (Å²) in [7, 11) is 0. The second-order valence-electron chi connectivity index (χ2n) is 7.64. The maximum atomic E-state index is 12.3. The summed E-state index contributed by atoms with van der Waals surface area (Å²) >= 11 is 1.57. The number of benzene rings is 1. The zero-order valence-corrected chi connectivity index (χ0v) is 16.7. The summed E-state index contributed by atoms with van der Waals surface area (Å²) < 4.78 is 2.10. The zero-order valence-electron chi connectivity index (χ0n) is 15.9. The fourth-order valence-electron chi connectivity index (χ4n) is 3.88. The molecule has 0 radical (unpaired) electrons. The summed E-state index contributed by atoms with van der Waals surface area (Å²) in [4.78, 5) is 32.9. The second kappa shape index (κ2) is 7.23. The molecule has 1 aromatic carbocycles. The molecule has 2 aliphatic rings. The van der Waals surface area contributed by atoms with Crippen LogP contribution in [0, 0.1) is 16.0 Å². The molecule has 150 valence electrons. The molecule has 1 saturated heterocycles. The van der Waals surface area contributed by atoms with Gasteiger partial charge in [0.25, 0.3) is 5.69 Å². The minimum atomic E-state index is -0.390. The van der Waals surface area contributed by atoms with E-state index in [1.165, 1.54) is 12.1 Å². The Hall–Kier alpha value is -2.78. The number of non-ortho nitro benzene ring substituents is 1. The van der Waals surface area contributed by atoms with E-state index in [2.05, 4.69) is 9.30 Å². The van der Waals surface area contributed by atoms with Crippen molar-refractivity contribution in [1.29, 1.82) is 0 Å². The number of nitro groups is 1. The number of aromatic nitrogens is 2. The van der Waals surface area contributed by atoms with E-state index in [0.717, 1.165) is 67.5 Å². The van der Waals surface area contributed by atoms with Crippen molar-refractivity contribution in [2.45, 2.75) is 19.4 Å². The molecule has 0 N–H and O–H groups in total. The van der Waals surface area contributed by atoms with Crippen molar-refractivity contribution in [3.05, 3.63) is 51.7 Å². The van der Waals surface area contributed by atoms with Gasteiger partial charge < -0.3 is 4.90 Å². The molecule has 5 rings (SSSR count). The number of hydrogen-bond acceptors (Lipinski definition) is 6. The first kappa shape index (κ1) is 18.3. The molecule has 8 nitrogen and oxygen atoms in total. The largest absolute Gasteiger partial charge is 0.340 e. The highest BCUT2D eigenvalue weighted by molar-refractivity contribution is 7.15. The zero-order chi connectivity index (χ0) is 20.0. The van der Waals surface area contributed by atoms with Gasteiger partial charge in [0.15, 0.2) is 4.96 Å². The van der Waals surface area contributed by atoms with Gasteiger partial charge in [-0.3, -0.25) is 24.2 Å². The number of piperazine rings is 1. The van der Waals surface area contributed by atoms with Crippen molar-refractivity contribution < 1.29 is 9.72 Å². The van der Waals surface area contributed by atoms with E-state index in [9.17, 15) is 14.9 Å². The lowest BCUT2D eigenvalue weighted by atomic mass is 10.1. The lowest BCUT2D eigenvalue weighted by Gasteiger charge is -2.34. The molecule has 3 heterocycles. The molecule has 1 saturated carbocycles. The molecule has 2 aromatic heterocycles. The normalized spacial score (nSPS) is 17.7. The van der Waals surface area contributed by atoms with Gasteiger partial charge in [-0.15, -0.1) is 11.3 Å². The van der Waals surface area contributed by atoms with Gasteiger partial charge in [-0.25, -0.2) is 4.98 Å². The first-order valence-corrected chi connectivity index (χ1v) is 10.7. The molecule has 0 spiro atoms. The number of imidazole rings is 1. The average Bonchev–Trinajstić information content (AvgIpc) is 3.39. The van der Waals surface area contributed by atoms with E-state index in [0.29, 0.717) is 5.91 Å². The molecule has 0 bridgehead atoms. The Balaban J connectivity index is 1.37. The van der Waals surface area contributed by atoms with Crippen LogP contribution in [-0.2, 0) is 11.3 Å². The molecule has 9 heteroatoms. The number of carbonyl (C=O) groups is 1. The third-order valence-electron chi connectivity index (χ3n) is 5.70. The molecular weight excluding hydrogens is 390 g/mol. The van der Waals surface area contributed by atoms with Crippen LogP contribution >= 0.6 is 11.3 Å². The average molecular weight is 411 g/mol. The molecule has 0 unspecified atom stereocenters. The van der Waals surface area contributed by atoms with Gasteiger partial charge >= 0.3 is 0 Å². The smallest absolute Gasteiger partial charge is 0.269 e. The van der Waals surface area contributed by atoms with Crippen LogP contribution in [0.3, 0.4) is 0 Å². The summed E-state index contributed by atoms with van der Waals surface area (Å²) in [5.74, 6) is 0.594. The monoisotopic (exact) mass is 411 g/mol. The van der Waals surface area contributed by atoms with Gasteiger partial charge in [-0.2, -0.15) is 0 Å². The Bertz CT molecular complexity index is 1060. The lowest BCUT2D eigenvalue weighted by Crippen LogP contribution is -2.48. The number of thiazole rings is 1. The third-order valence-corrected chi connectivity index (χ3v) is 6.45. The molecule has 1 aliphatic heterocycles. The highest BCUT2D eigenvalue weighted by Crippen LogP contribution is 2.32. The Morgan fingerprint density at radius 1 is 1.17 bits per heavy atom. The molecule has 3 aromatic rings. The molecule has 1 aliphatic carbocycles.